The molecule has 0 saturated carbocycles. The van der Waals surface area contributed by atoms with Gasteiger partial charge in [-0.05, 0) is 0 Å². The van der Waals surface area contributed by atoms with Crippen molar-refractivity contribution >= 4 is 11.6 Å². The van der Waals surface area contributed by atoms with E-state index in [2.05, 4.69) is 4.98 Å². The summed E-state index contributed by atoms with van der Waals surface area (Å²) in [5, 5.41) is 8.50. The van der Waals surface area contributed by atoms with Gasteiger partial charge >= 0.3 is 0 Å². The maximum absolute atomic E-state index is 13.2. The van der Waals surface area contributed by atoms with E-state index in [1.54, 1.807) is 6.07 Å². The fourth-order valence-electron chi connectivity index (χ4n) is 0.921. The molecule has 0 aromatic carbocycles. The first-order chi connectivity index (χ1) is 6.61. The molecular weight excluding hydrogens is 217 g/mol. The number of pyridine rings is 1. The summed E-state index contributed by atoms with van der Waals surface area (Å²) in [6.45, 7) is 0. The van der Waals surface area contributed by atoms with Crippen molar-refractivity contribution in [3.8, 4) is 6.07 Å². The second-order valence-electron chi connectivity index (χ2n) is 2.40. The van der Waals surface area contributed by atoms with Gasteiger partial charge in [0.1, 0.15) is 11.8 Å². The highest BCUT2D eigenvalue weighted by atomic mass is 35.5. The van der Waals surface area contributed by atoms with Crippen LogP contribution in [0.1, 0.15) is 23.2 Å². The van der Waals surface area contributed by atoms with Crippen molar-refractivity contribution in [2.24, 2.45) is 0 Å². The quantitative estimate of drug-likeness (QED) is 0.719. The third-order valence-electron chi connectivity index (χ3n) is 1.61. The van der Waals surface area contributed by atoms with Crippen molar-refractivity contribution < 1.29 is 13.2 Å². The van der Waals surface area contributed by atoms with Gasteiger partial charge in [-0.15, -0.1) is 11.6 Å². The van der Waals surface area contributed by atoms with E-state index in [1.807, 2.05) is 0 Å². The van der Waals surface area contributed by atoms with Gasteiger partial charge in [0.15, 0.2) is 5.82 Å². The van der Waals surface area contributed by atoms with Gasteiger partial charge in [0.05, 0.1) is 11.4 Å². The molecule has 14 heavy (non-hydrogen) atoms. The van der Waals surface area contributed by atoms with Crippen LogP contribution >= 0.6 is 11.6 Å². The fourth-order valence-corrected chi connectivity index (χ4v) is 1.18. The van der Waals surface area contributed by atoms with Crippen LogP contribution in [0.25, 0.3) is 0 Å². The summed E-state index contributed by atoms with van der Waals surface area (Å²) in [6, 6.07) is 1.62. The van der Waals surface area contributed by atoms with E-state index >= 15 is 0 Å². The van der Waals surface area contributed by atoms with Crippen LogP contribution in [0.2, 0.25) is 0 Å². The lowest BCUT2D eigenvalue weighted by Crippen LogP contribution is -2.02. The highest BCUT2D eigenvalue weighted by Crippen LogP contribution is 2.24. The summed E-state index contributed by atoms with van der Waals surface area (Å²) in [7, 11) is 0. The van der Waals surface area contributed by atoms with Crippen molar-refractivity contribution in [2.75, 3.05) is 0 Å². The summed E-state index contributed by atoms with van der Waals surface area (Å²) in [5.41, 5.74) is -1.33. The molecule has 0 radical (unpaired) electrons. The van der Waals surface area contributed by atoms with E-state index in [0.717, 1.165) is 6.20 Å². The summed E-state index contributed by atoms with van der Waals surface area (Å²) >= 11 is 5.33. The van der Waals surface area contributed by atoms with E-state index in [4.69, 9.17) is 16.9 Å². The Kier molecular flexibility index (Phi) is 3.31. The summed E-state index contributed by atoms with van der Waals surface area (Å²) in [6.07, 6.45) is -2.12. The van der Waals surface area contributed by atoms with E-state index in [-0.39, 0.29) is 17.0 Å². The number of hydrogen-bond acceptors (Lipinski definition) is 2. The predicted molar refractivity (Wildman–Crippen MR) is 43.4 cm³/mol. The average Bonchev–Trinajstić information content (AvgIpc) is 2.16. The summed E-state index contributed by atoms with van der Waals surface area (Å²) in [5.74, 6) is -1.54. The highest BCUT2D eigenvalue weighted by molar-refractivity contribution is 6.17. The van der Waals surface area contributed by atoms with Crippen molar-refractivity contribution in [1.82, 2.24) is 4.98 Å². The number of nitriles is 1. The lowest BCUT2D eigenvalue weighted by Gasteiger charge is -2.05. The molecular formula is C8H4ClF3N2. The molecule has 2 nitrogen and oxygen atoms in total. The minimum absolute atomic E-state index is 0.123. The van der Waals surface area contributed by atoms with E-state index < -0.39 is 17.9 Å². The van der Waals surface area contributed by atoms with Crippen molar-refractivity contribution in [1.29, 1.82) is 5.26 Å². The van der Waals surface area contributed by atoms with Crippen LogP contribution in [0.5, 0.6) is 0 Å². The minimum atomic E-state index is -3.01. The van der Waals surface area contributed by atoms with Gasteiger partial charge in [-0.3, -0.25) is 4.98 Å². The molecule has 74 valence electrons. The molecule has 1 heterocycles. The first-order valence-corrected chi connectivity index (χ1v) is 4.06. The van der Waals surface area contributed by atoms with Crippen LogP contribution < -0.4 is 0 Å². The Labute approximate surface area is 82.9 Å². The van der Waals surface area contributed by atoms with Crippen LogP contribution in [0.15, 0.2) is 6.20 Å². The zero-order valence-electron chi connectivity index (χ0n) is 6.77. The molecule has 0 saturated heterocycles. The fraction of sp³-hybridized carbons (Fsp3) is 0.250. The van der Waals surface area contributed by atoms with Crippen LogP contribution in [0.4, 0.5) is 13.2 Å². The topological polar surface area (TPSA) is 36.7 Å². The molecule has 0 aliphatic rings. The highest BCUT2D eigenvalue weighted by Gasteiger charge is 2.20. The lowest BCUT2D eigenvalue weighted by atomic mass is 10.1. The van der Waals surface area contributed by atoms with Crippen molar-refractivity contribution in [2.45, 2.75) is 12.3 Å². The van der Waals surface area contributed by atoms with Gasteiger partial charge < -0.3 is 0 Å². The number of alkyl halides is 3. The molecule has 0 amide bonds. The molecule has 1 aromatic rings. The van der Waals surface area contributed by atoms with Crippen molar-refractivity contribution in [3.05, 3.63) is 28.8 Å². The van der Waals surface area contributed by atoms with Gasteiger partial charge in [0, 0.05) is 11.8 Å². The summed E-state index contributed by atoms with van der Waals surface area (Å²) < 4.78 is 37.5. The standard InChI is InChI=1S/C8H4ClF3N2/c9-1-5-4(2-13)3-14-7(6(5)10)8(11)12/h3,8H,1H2. The smallest absolute Gasteiger partial charge is 0.251 e. The van der Waals surface area contributed by atoms with Gasteiger partial charge in [-0.25, -0.2) is 13.2 Å². The van der Waals surface area contributed by atoms with E-state index in [9.17, 15) is 13.2 Å². The molecule has 0 aliphatic heterocycles. The Morgan fingerprint density at radius 3 is 2.64 bits per heavy atom. The molecule has 0 unspecified atom stereocenters. The van der Waals surface area contributed by atoms with Crippen LogP contribution in [-0.2, 0) is 5.88 Å². The Balaban J connectivity index is 3.37. The molecule has 0 bridgehead atoms. The molecule has 0 spiro atoms. The van der Waals surface area contributed by atoms with Crippen LogP contribution in [0, 0.1) is 17.1 Å². The lowest BCUT2D eigenvalue weighted by molar-refractivity contribution is 0.140. The Hall–Kier alpha value is -1.28. The zero-order chi connectivity index (χ0) is 10.7. The maximum atomic E-state index is 13.2. The second-order valence-corrected chi connectivity index (χ2v) is 2.66. The average molecular weight is 221 g/mol. The maximum Gasteiger partial charge on any atom is 0.283 e. The van der Waals surface area contributed by atoms with E-state index in [0.29, 0.717) is 0 Å². The van der Waals surface area contributed by atoms with E-state index in [1.165, 1.54) is 0 Å². The number of hydrogen-bond donors (Lipinski definition) is 0. The number of halogens is 4. The monoisotopic (exact) mass is 220 g/mol. The molecule has 0 atom stereocenters. The molecule has 1 aromatic heterocycles. The van der Waals surface area contributed by atoms with Crippen LogP contribution in [-0.4, -0.2) is 4.98 Å². The zero-order valence-corrected chi connectivity index (χ0v) is 7.52. The Bertz CT molecular complexity index is 387. The predicted octanol–water partition coefficient (Wildman–Crippen LogP) is 2.77. The molecule has 0 N–H and O–H groups in total. The summed E-state index contributed by atoms with van der Waals surface area (Å²) in [4.78, 5) is 3.15. The van der Waals surface area contributed by atoms with Gasteiger partial charge in [-0.2, -0.15) is 5.26 Å². The number of aromatic nitrogens is 1. The first kappa shape index (κ1) is 10.8. The Morgan fingerprint density at radius 2 is 2.21 bits per heavy atom. The molecule has 6 heteroatoms. The Morgan fingerprint density at radius 1 is 1.57 bits per heavy atom. The first-order valence-electron chi connectivity index (χ1n) is 3.53. The van der Waals surface area contributed by atoms with Gasteiger partial charge in [0.2, 0.25) is 0 Å². The van der Waals surface area contributed by atoms with Crippen LogP contribution in [0.3, 0.4) is 0 Å². The van der Waals surface area contributed by atoms with Crippen molar-refractivity contribution in [3.63, 3.8) is 0 Å². The van der Waals surface area contributed by atoms with Gasteiger partial charge in [-0.1, -0.05) is 0 Å². The SMILES string of the molecule is N#Cc1cnc(C(F)F)c(F)c1CCl. The second kappa shape index (κ2) is 4.29. The third-order valence-corrected chi connectivity index (χ3v) is 1.88. The largest absolute Gasteiger partial charge is 0.283 e. The normalized spacial score (nSPS) is 10.3. The number of rotatable bonds is 2. The third kappa shape index (κ3) is 1.80. The molecule has 1 rings (SSSR count). The number of nitrogens with zero attached hydrogens (tertiary/aromatic N) is 2. The molecule has 0 aliphatic carbocycles. The minimum Gasteiger partial charge on any atom is -0.251 e. The molecule has 0 fully saturated rings. The van der Waals surface area contributed by atoms with Gasteiger partial charge in [0.25, 0.3) is 6.43 Å².